The number of hydrogen-bond acceptors (Lipinski definition) is 5. The van der Waals surface area contributed by atoms with E-state index in [9.17, 15) is 9.90 Å². The van der Waals surface area contributed by atoms with Crippen LogP contribution in [0.2, 0.25) is 0 Å². The van der Waals surface area contributed by atoms with Crippen LogP contribution in [0.15, 0.2) is 36.7 Å². The molecule has 0 bridgehead atoms. The number of aromatic nitrogens is 2. The Bertz CT molecular complexity index is 554. The average molecular weight is 246 g/mol. The minimum atomic E-state index is -0.996. The molecule has 6 heteroatoms. The maximum atomic E-state index is 10.4. The van der Waals surface area contributed by atoms with Gasteiger partial charge in [0.25, 0.3) is 0 Å². The highest BCUT2D eigenvalue weighted by molar-refractivity contribution is 5.68. The van der Waals surface area contributed by atoms with Crippen LogP contribution in [0, 0.1) is 0 Å². The first-order valence-electron chi connectivity index (χ1n) is 5.14. The molecule has 0 fully saturated rings. The first-order chi connectivity index (χ1) is 8.65. The third-order valence-corrected chi connectivity index (χ3v) is 2.08. The maximum Gasteiger partial charge on any atom is 0.311 e. The number of carboxylic acids is 1. The molecule has 18 heavy (non-hydrogen) atoms. The number of carbonyl (C=O) groups is 1. The van der Waals surface area contributed by atoms with Crippen LogP contribution >= 0.6 is 0 Å². The normalized spacial score (nSPS) is 10.0. The number of benzene rings is 1. The molecule has 1 aromatic carbocycles. The van der Waals surface area contributed by atoms with E-state index < -0.39 is 5.97 Å². The van der Waals surface area contributed by atoms with E-state index >= 15 is 0 Å². The van der Waals surface area contributed by atoms with Gasteiger partial charge in [-0.05, 0) is 12.1 Å². The molecule has 1 heterocycles. The van der Waals surface area contributed by atoms with Crippen molar-refractivity contribution in [2.24, 2.45) is 0 Å². The average Bonchev–Trinajstić information content (AvgIpc) is 2.34. The molecule has 0 unspecified atom stereocenters. The minimum absolute atomic E-state index is 0.00659. The van der Waals surface area contributed by atoms with Crippen LogP contribution in [0.4, 0.5) is 0 Å². The molecule has 1 aromatic heterocycles. The van der Waals surface area contributed by atoms with Gasteiger partial charge >= 0.3 is 5.97 Å². The standard InChI is InChI=1S/C12H10N2O4/c15-9-3-1-2-4-10(9)18-8-6-13-11(14-7-8)5-12(16)17/h1-4,6-7,15H,5H2,(H,16,17). The van der Waals surface area contributed by atoms with Crippen LogP contribution in [-0.2, 0) is 11.2 Å². The second-order valence-corrected chi connectivity index (χ2v) is 3.48. The summed E-state index contributed by atoms with van der Waals surface area (Å²) in [4.78, 5) is 18.1. The van der Waals surface area contributed by atoms with Gasteiger partial charge in [0.05, 0.1) is 12.4 Å². The van der Waals surface area contributed by atoms with Crippen LogP contribution in [0.5, 0.6) is 17.2 Å². The van der Waals surface area contributed by atoms with Gasteiger partial charge in [-0.3, -0.25) is 4.79 Å². The van der Waals surface area contributed by atoms with Crippen molar-refractivity contribution in [3.05, 3.63) is 42.5 Å². The molecule has 0 aliphatic carbocycles. The number of hydrogen-bond donors (Lipinski definition) is 2. The zero-order chi connectivity index (χ0) is 13.0. The summed E-state index contributed by atoms with van der Waals surface area (Å²) in [5, 5.41) is 18.1. The summed E-state index contributed by atoms with van der Waals surface area (Å²) in [6.45, 7) is 0. The lowest BCUT2D eigenvalue weighted by Crippen LogP contribution is -2.04. The highest BCUT2D eigenvalue weighted by atomic mass is 16.5. The molecule has 6 nitrogen and oxygen atoms in total. The van der Waals surface area contributed by atoms with Gasteiger partial charge in [-0.1, -0.05) is 12.1 Å². The molecule has 0 spiro atoms. The monoisotopic (exact) mass is 246 g/mol. The smallest absolute Gasteiger partial charge is 0.311 e. The van der Waals surface area contributed by atoms with Gasteiger partial charge in [-0.2, -0.15) is 0 Å². The molecule has 0 aliphatic heterocycles. The second kappa shape index (κ2) is 5.13. The van der Waals surface area contributed by atoms with Crippen molar-refractivity contribution in [1.82, 2.24) is 9.97 Å². The van der Waals surface area contributed by atoms with Gasteiger partial charge in [0, 0.05) is 0 Å². The number of nitrogens with zero attached hydrogens (tertiary/aromatic N) is 2. The number of ether oxygens (including phenoxy) is 1. The Kier molecular flexibility index (Phi) is 3.38. The van der Waals surface area contributed by atoms with Crippen LogP contribution < -0.4 is 4.74 Å². The number of aromatic hydroxyl groups is 1. The van der Waals surface area contributed by atoms with Crippen LogP contribution in [0.3, 0.4) is 0 Å². The molecule has 0 atom stereocenters. The summed E-state index contributed by atoms with van der Waals surface area (Å²) in [5.41, 5.74) is 0. The summed E-state index contributed by atoms with van der Waals surface area (Å²) in [5.74, 6) is -0.179. The third kappa shape index (κ3) is 2.94. The van der Waals surface area contributed by atoms with Gasteiger partial charge in [0.2, 0.25) is 0 Å². The molecular formula is C12H10N2O4. The Morgan fingerprint density at radius 1 is 1.22 bits per heavy atom. The van der Waals surface area contributed by atoms with E-state index in [1.54, 1.807) is 18.2 Å². The predicted octanol–water partition coefficient (Wildman–Crippen LogP) is 1.60. The molecule has 0 aliphatic rings. The van der Waals surface area contributed by atoms with Gasteiger partial charge in [0.1, 0.15) is 12.2 Å². The summed E-state index contributed by atoms with van der Waals surface area (Å²) in [6, 6.07) is 6.48. The summed E-state index contributed by atoms with van der Waals surface area (Å²) >= 11 is 0. The second-order valence-electron chi connectivity index (χ2n) is 3.48. The fourth-order valence-electron chi connectivity index (χ4n) is 1.29. The molecule has 0 saturated carbocycles. The zero-order valence-corrected chi connectivity index (χ0v) is 9.28. The lowest BCUT2D eigenvalue weighted by Gasteiger charge is -2.06. The quantitative estimate of drug-likeness (QED) is 0.851. The Labute approximate surface area is 103 Å². The van der Waals surface area contributed by atoms with Gasteiger partial charge < -0.3 is 14.9 Å². The molecular weight excluding hydrogens is 236 g/mol. The fraction of sp³-hybridized carbons (Fsp3) is 0.0833. The van der Waals surface area contributed by atoms with Crippen LogP contribution in [-0.4, -0.2) is 26.2 Å². The van der Waals surface area contributed by atoms with E-state index in [1.165, 1.54) is 18.5 Å². The van der Waals surface area contributed by atoms with Crippen molar-refractivity contribution >= 4 is 5.97 Å². The number of phenols is 1. The van der Waals surface area contributed by atoms with Crippen molar-refractivity contribution in [2.45, 2.75) is 6.42 Å². The van der Waals surface area contributed by atoms with E-state index in [1.807, 2.05) is 0 Å². The van der Waals surface area contributed by atoms with E-state index in [2.05, 4.69) is 9.97 Å². The largest absolute Gasteiger partial charge is 0.504 e. The highest BCUT2D eigenvalue weighted by Gasteiger charge is 2.06. The van der Waals surface area contributed by atoms with Gasteiger partial charge in [-0.15, -0.1) is 0 Å². The highest BCUT2D eigenvalue weighted by Crippen LogP contribution is 2.28. The van der Waals surface area contributed by atoms with E-state index in [4.69, 9.17) is 9.84 Å². The molecule has 2 rings (SSSR count). The molecule has 0 saturated heterocycles. The van der Waals surface area contributed by atoms with E-state index in [0.29, 0.717) is 5.75 Å². The molecule has 0 radical (unpaired) electrons. The van der Waals surface area contributed by atoms with E-state index in [-0.39, 0.29) is 23.7 Å². The summed E-state index contributed by atoms with van der Waals surface area (Å²) in [6.07, 6.45) is 2.48. The van der Waals surface area contributed by atoms with Crippen molar-refractivity contribution in [1.29, 1.82) is 0 Å². The van der Waals surface area contributed by atoms with Crippen molar-refractivity contribution in [3.63, 3.8) is 0 Å². The minimum Gasteiger partial charge on any atom is -0.504 e. The SMILES string of the molecule is O=C(O)Cc1ncc(Oc2ccccc2O)cn1. The Morgan fingerprint density at radius 2 is 1.89 bits per heavy atom. The maximum absolute atomic E-state index is 10.4. The van der Waals surface area contributed by atoms with Gasteiger partial charge in [0.15, 0.2) is 17.2 Å². The topological polar surface area (TPSA) is 92.5 Å². The number of carboxylic acid groups (broad SMARTS) is 1. The lowest BCUT2D eigenvalue weighted by atomic mass is 10.3. The van der Waals surface area contributed by atoms with Crippen molar-refractivity contribution in [2.75, 3.05) is 0 Å². The van der Waals surface area contributed by atoms with Crippen molar-refractivity contribution in [3.8, 4) is 17.2 Å². The third-order valence-electron chi connectivity index (χ3n) is 2.08. The zero-order valence-electron chi connectivity index (χ0n) is 9.28. The Hall–Kier alpha value is -2.63. The number of phenolic OH excluding ortho intramolecular Hbond substituents is 1. The molecule has 2 N–H and O–H groups in total. The Morgan fingerprint density at radius 3 is 2.50 bits per heavy atom. The molecule has 92 valence electrons. The number of rotatable bonds is 4. The number of aliphatic carboxylic acids is 1. The van der Waals surface area contributed by atoms with Crippen LogP contribution in [0.1, 0.15) is 5.82 Å². The summed E-state index contributed by atoms with van der Waals surface area (Å²) < 4.78 is 5.35. The van der Waals surface area contributed by atoms with E-state index in [0.717, 1.165) is 0 Å². The summed E-state index contributed by atoms with van der Waals surface area (Å²) in [7, 11) is 0. The number of para-hydroxylation sites is 2. The van der Waals surface area contributed by atoms with Crippen LogP contribution in [0.25, 0.3) is 0 Å². The fourth-order valence-corrected chi connectivity index (χ4v) is 1.29. The Balaban J connectivity index is 2.11. The lowest BCUT2D eigenvalue weighted by molar-refractivity contribution is -0.136. The van der Waals surface area contributed by atoms with Crippen molar-refractivity contribution < 1.29 is 19.7 Å². The predicted molar refractivity (Wildman–Crippen MR) is 61.6 cm³/mol. The first-order valence-corrected chi connectivity index (χ1v) is 5.14. The van der Waals surface area contributed by atoms with Gasteiger partial charge in [-0.25, -0.2) is 9.97 Å². The molecule has 2 aromatic rings. The molecule has 0 amide bonds. The first kappa shape index (κ1) is 11.8.